The van der Waals surface area contributed by atoms with Crippen molar-refractivity contribution in [1.29, 1.82) is 0 Å². The number of hydrogen-bond donors (Lipinski definition) is 1. The Morgan fingerprint density at radius 3 is 2.83 bits per heavy atom. The van der Waals surface area contributed by atoms with Crippen LogP contribution >= 0.6 is 23.2 Å². The van der Waals surface area contributed by atoms with Gasteiger partial charge in [-0.15, -0.1) is 0 Å². The number of nitrogens with zero attached hydrogens (tertiary/aromatic N) is 1. The van der Waals surface area contributed by atoms with Crippen molar-refractivity contribution in [2.75, 3.05) is 13.1 Å². The van der Waals surface area contributed by atoms with Gasteiger partial charge in [-0.25, -0.2) is 0 Å². The van der Waals surface area contributed by atoms with Gasteiger partial charge in [0.25, 0.3) is 0 Å². The first-order chi connectivity index (χ1) is 11.6. The fourth-order valence-electron chi connectivity index (χ4n) is 3.67. The lowest BCUT2D eigenvalue weighted by Crippen LogP contribution is -2.48. The van der Waals surface area contributed by atoms with Crippen molar-refractivity contribution in [1.82, 2.24) is 10.2 Å². The van der Waals surface area contributed by atoms with E-state index in [0.29, 0.717) is 28.5 Å². The molecule has 0 aromatic heterocycles. The molecule has 0 aliphatic carbocycles. The summed E-state index contributed by atoms with van der Waals surface area (Å²) in [4.78, 5) is 14.9. The van der Waals surface area contributed by atoms with Crippen LogP contribution in [0.2, 0.25) is 10.0 Å². The Kier molecular flexibility index (Phi) is 6.20. The molecule has 5 heteroatoms. The highest BCUT2D eigenvalue weighted by molar-refractivity contribution is 6.42. The van der Waals surface area contributed by atoms with E-state index in [9.17, 15) is 4.79 Å². The Hall–Kier alpha value is -1.03. The minimum absolute atomic E-state index is 0.199. The minimum atomic E-state index is 0.199. The summed E-state index contributed by atoms with van der Waals surface area (Å²) >= 11 is 12.0. The van der Waals surface area contributed by atoms with Crippen LogP contribution in [0.15, 0.2) is 30.4 Å². The molecule has 1 saturated heterocycles. The van der Waals surface area contributed by atoms with Crippen LogP contribution in [0.25, 0.3) is 0 Å². The third kappa shape index (κ3) is 4.53. The predicted octanol–water partition coefficient (Wildman–Crippen LogP) is 4.23. The molecule has 1 amide bonds. The van der Waals surface area contributed by atoms with Crippen LogP contribution in [0.3, 0.4) is 0 Å². The molecule has 130 valence electrons. The summed E-state index contributed by atoms with van der Waals surface area (Å²) in [6, 6.07) is 6.28. The number of carbonyl (C=O) groups excluding carboxylic acids is 1. The zero-order chi connectivity index (χ0) is 16.9. The quantitative estimate of drug-likeness (QED) is 0.808. The van der Waals surface area contributed by atoms with Crippen molar-refractivity contribution in [2.45, 2.75) is 50.6 Å². The molecule has 0 saturated carbocycles. The lowest BCUT2D eigenvalue weighted by Gasteiger charge is -2.38. The van der Waals surface area contributed by atoms with Crippen LogP contribution in [0.4, 0.5) is 0 Å². The minimum Gasteiger partial charge on any atom is -0.339 e. The van der Waals surface area contributed by atoms with Gasteiger partial charge in [0.05, 0.1) is 16.5 Å². The highest BCUT2D eigenvalue weighted by atomic mass is 35.5. The molecule has 0 bridgehead atoms. The van der Waals surface area contributed by atoms with E-state index in [-0.39, 0.29) is 5.91 Å². The number of halogens is 2. The molecule has 3 nitrogen and oxygen atoms in total. The second-order valence-electron chi connectivity index (χ2n) is 6.71. The van der Waals surface area contributed by atoms with Crippen molar-refractivity contribution in [3.8, 4) is 0 Å². The molecule has 3 rings (SSSR count). The number of amides is 1. The smallest absolute Gasteiger partial charge is 0.227 e. The topological polar surface area (TPSA) is 32.3 Å². The maximum absolute atomic E-state index is 12.8. The maximum atomic E-state index is 12.8. The number of carbonyl (C=O) groups is 1. The monoisotopic (exact) mass is 366 g/mol. The number of rotatable bonds is 4. The van der Waals surface area contributed by atoms with Gasteiger partial charge >= 0.3 is 0 Å². The van der Waals surface area contributed by atoms with Crippen molar-refractivity contribution in [2.24, 2.45) is 0 Å². The van der Waals surface area contributed by atoms with Crippen LogP contribution in [0, 0.1) is 0 Å². The SMILES string of the molecule is O=C(Cc1ccc(Cl)c(Cl)c1)N1CCCCC1CC1CC=CCN1. The van der Waals surface area contributed by atoms with Crippen LogP contribution < -0.4 is 5.32 Å². The lowest BCUT2D eigenvalue weighted by atomic mass is 9.93. The van der Waals surface area contributed by atoms with E-state index in [1.807, 2.05) is 6.07 Å². The Labute approximate surface area is 154 Å². The predicted molar refractivity (Wildman–Crippen MR) is 99.7 cm³/mol. The number of likely N-dealkylation sites (tertiary alicyclic amines) is 1. The number of nitrogens with one attached hydrogen (secondary N) is 1. The fourth-order valence-corrected chi connectivity index (χ4v) is 3.99. The summed E-state index contributed by atoms with van der Waals surface area (Å²) in [6.45, 7) is 1.81. The van der Waals surface area contributed by atoms with Crippen LogP contribution in [-0.4, -0.2) is 36.0 Å². The van der Waals surface area contributed by atoms with Crippen molar-refractivity contribution in [3.63, 3.8) is 0 Å². The van der Waals surface area contributed by atoms with Crippen molar-refractivity contribution < 1.29 is 4.79 Å². The Morgan fingerprint density at radius 2 is 2.08 bits per heavy atom. The largest absolute Gasteiger partial charge is 0.339 e. The molecular weight excluding hydrogens is 343 g/mol. The number of piperidine rings is 1. The molecule has 2 aliphatic rings. The number of benzene rings is 1. The van der Waals surface area contributed by atoms with E-state index in [0.717, 1.165) is 44.3 Å². The summed E-state index contributed by atoms with van der Waals surface area (Å²) in [5, 5.41) is 4.57. The molecule has 1 N–H and O–H groups in total. The third-order valence-electron chi connectivity index (χ3n) is 4.96. The van der Waals surface area contributed by atoms with E-state index >= 15 is 0 Å². The highest BCUT2D eigenvalue weighted by Crippen LogP contribution is 2.26. The first-order valence-corrected chi connectivity index (χ1v) is 9.51. The Bertz CT molecular complexity index is 617. The molecular formula is C19H24Cl2N2O. The zero-order valence-corrected chi connectivity index (χ0v) is 15.3. The van der Waals surface area contributed by atoms with Gasteiger partial charge in [-0.2, -0.15) is 0 Å². The Morgan fingerprint density at radius 1 is 1.21 bits per heavy atom. The van der Waals surface area contributed by atoms with Gasteiger partial charge < -0.3 is 10.2 Å². The lowest BCUT2D eigenvalue weighted by molar-refractivity contribution is -0.134. The van der Waals surface area contributed by atoms with Gasteiger partial charge in [0.2, 0.25) is 5.91 Å². The molecule has 0 spiro atoms. The van der Waals surface area contributed by atoms with Gasteiger partial charge in [0.1, 0.15) is 0 Å². The summed E-state index contributed by atoms with van der Waals surface area (Å²) in [7, 11) is 0. The maximum Gasteiger partial charge on any atom is 0.227 e. The highest BCUT2D eigenvalue weighted by Gasteiger charge is 2.28. The molecule has 2 atom stereocenters. The molecule has 2 heterocycles. The van der Waals surface area contributed by atoms with Crippen LogP contribution in [0.1, 0.15) is 37.7 Å². The molecule has 0 radical (unpaired) electrons. The molecule has 1 aromatic rings. The van der Waals surface area contributed by atoms with E-state index in [1.165, 1.54) is 6.42 Å². The van der Waals surface area contributed by atoms with E-state index in [2.05, 4.69) is 22.4 Å². The molecule has 2 aliphatic heterocycles. The molecule has 1 aromatic carbocycles. The fraction of sp³-hybridized carbons (Fsp3) is 0.526. The second-order valence-corrected chi connectivity index (χ2v) is 7.52. The summed E-state index contributed by atoms with van der Waals surface area (Å²) in [5.41, 5.74) is 0.928. The van der Waals surface area contributed by atoms with Gasteiger partial charge in [-0.05, 0) is 49.8 Å². The molecule has 24 heavy (non-hydrogen) atoms. The van der Waals surface area contributed by atoms with Gasteiger partial charge in [-0.3, -0.25) is 4.79 Å². The average Bonchev–Trinajstić information content (AvgIpc) is 2.59. The summed E-state index contributed by atoms with van der Waals surface area (Å²) < 4.78 is 0. The number of hydrogen-bond acceptors (Lipinski definition) is 2. The van der Waals surface area contributed by atoms with Gasteiger partial charge in [0, 0.05) is 25.2 Å². The second kappa shape index (κ2) is 8.37. The van der Waals surface area contributed by atoms with Crippen molar-refractivity contribution >= 4 is 29.1 Å². The standard InChI is InChI=1S/C19H24Cl2N2O/c20-17-8-7-14(11-18(17)21)12-19(24)23-10-4-2-6-16(23)13-15-5-1-3-9-22-15/h1,3,7-8,11,15-16,22H,2,4-6,9-10,12-13H2. The van der Waals surface area contributed by atoms with Crippen LogP contribution in [-0.2, 0) is 11.2 Å². The summed E-state index contributed by atoms with van der Waals surface area (Å²) in [5.74, 6) is 0.199. The van der Waals surface area contributed by atoms with E-state index < -0.39 is 0 Å². The van der Waals surface area contributed by atoms with Gasteiger partial charge in [-0.1, -0.05) is 41.4 Å². The van der Waals surface area contributed by atoms with E-state index in [1.54, 1.807) is 12.1 Å². The van der Waals surface area contributed by atoms with Crippen LogP contribution in [0.5, 0.6) is 0 Å². The average molecular weight is 367 g/mol. The third-order valence-corrected chi connectivity index (χ3v) is 5.69. The normalized spacial score (nSPS) is 24.2. The van der Waals surface area contributed by atoms with Gasteiger partial charge in [0.15, 0.2) is 0 Å². The first kappa shape index (κ1) is 17.8. The molecule has 2 unspecified atom stereocenters. The molecule has 1 fully saturated rings. The zero-order valence-electron chi connectivity index (χ0n) is 13.8. The van der Waals surface area contributed by atoms with Crippen molar-refractivity contribution in [3.05, 3.63) is 46.0 Å². The van der Waals surface area contributed by atoms with E-state index in [4.69, 9.17) is 23.2 Å². The first-order valence-electron chi connectivity index (χ1n) is 8.75. The summed E-state index contributed by atoms with van der Waals surface area (Å²) in [6.07, 6.45) is 10.3. The Balaban J connectivity index is 1.64.